The molecule has 90 valence electrons. The molecule has 0 unspecified atom stereocenters. The molecule has 17 heavy (non-hydrogen) atoms. The van der Waals surface area contributed by atoms with Crippen molar-refractivity contribution in [3.8, 4) is 5.69 Å². The van der Waals surface area contributed by atoms with E-state index in [0.717, 1.165) is 30.3 Å². The number of aromatic nitrogens is 3. The zero-order valence-electron chi connectivity index (χ0n) is 10.6. The molecular formula is C13H18N4. The topological polar surface area (TPSA) is 42.7 Å². The van der Waals surface area contributed by atoms with E-state index in [1.165, 1.54) is 5.56 Å². The molecule has 0 amide bonds. The van der Waals surface area contributed by atoms with Crippen molar-refractivity contribution in [3.63, 3.8) is 0 Å². The largest absolute Gasteiger partial charge is 0.313 e. The molecule has 2 aromatic rings. The van der Waals surface area contributed by atoms with E-state index in [0.29, 0.717) is 0 Å². The van der Waals surface area contributed by atoms with Crippen LogP contribution in [-0.4, -0.2) is 21.1 Å². The summed E-state index contributed by atoms with van der Waals surface area (Å²) in [6, 6.07) is 2.10. The van der Waals surface area contributed by atoms with E-state index in [1.807, 2.05) is 32.4 Å². The van der Waals surface area contributed by atoms with Gasteiger partial charge in [0.05, 0.1) is 5.69 Å². The van der Waals surface area contributed by atoms with E-state index in [1.54, 1.807) is 0 Å². The summed E-state index contributed by atoms with van der Waals surface area (Å²) < 4.78 is 2.10. The van der Waals surface area contributed by atoms with Gasteiger partial charge in [-0.05, 0) is 26.5 Å². The van der Waals surface area contributed by atoms with Crippen molar-refractivity contribution < 1.29 is 0 Å². The van der Waals surface area contributed by atoms with Crippen LogP contribution >= 0.6 is 0 Å². The molecule has 0 saturated carbocycles. The fourth-order valence-corrected chi connectivity index (χ4v) is 1.83. The highest BCUT2D eigenvalue weighted by Gasteiger charge is 2.07. The summed E-state index contributed by atoms with van der Waals surface area (Å²) >= 11 is 0. The number of aryl methyl sites for hydroxylation is 2. The van der Waals surface area contributed by atoms with E-state index in [2.05, 4.69) is 32.8 Å². The Morgan fingerprint density at radius 1 is 1.29 bits per heavy atom. The number of imidazole rings is 1. The molecule has 2 heterocycles. The van der Waals surface area contributed by atoms with Crippen molar-refractivity contribution in [1.82, 2.24) is 19.9 Å². The van der Waals surface area contributed by atoms with Crippen LogP contribution in [0.15, 0.2) is 24.7 Å². The Morgan fingerprint density at radius 2 is 2.12 bits per heavy atom. The van der Waals surface area contributed by atoms with E-state index in [9.17, 15) is 0 Å². The number of nitrogens with zero attached hydrogens (tertiary/aromatic N) is 3. The second kappa shape index (κ2) is 5.10. The van der Waals surface area contributed by atoms with Crippen LogP contribution in [0.4, 0.5) is 0 Å². The molecule has 0 aliphatic carbocycles. The minimum absolute atomic E-state index is 0.830. The average Bonchev–Trinajstić information content (AvgIpc) is 2.74. The summed E-state index contributed by atoms with van der Waals surface area (Å²) in [4.78, 5) is 8.62. The lowest BCUT2D eigenvalue weighted by molar-refractivity contribution is 0.718. The lowest BCUT2D eigenvalue weighted by Gasteiger charge is -2.12. The first-order chi connectivity index (χ1) is 8.22. The van der Waals surface area contributed by atoms with Crippen molar-refractivity contribution >= 4 is 0 Å². The smallest absolute Gasteiger partial charge is 0.110 e. The van der Waals surface area contributed by atoms with E-state index < -0.39 is 0 Å². The number of pyridine rings is 1. The SMILES string of the molecule is CCNCc1cnc(C)cc1-n1ccnc1C. The fourth-order valence-electron chi connectivity index (χ4n) is 1.83. The van der Waals surface area contributed by atoms with E-state index >= 15 is 0 Å². The predicted octanol–water partition coefficient (Wildman–Crippen LogP) is 1.99. The van der Waals surface area contributed by atoms with Crippen molar-refractivity contribution in [2.75, 3.05) is 6.54 Å². The van der Waals surface area contributed by atoms with E-state index in [-0.39, 0.29) is 0 Å². The highest BCUT2D eigenvalue weighted by molar-refractivity contribution is 5.41. The number of rotatable bonds is 4. The van der Waals surface area contributed by atoms with Crippen LogP contribution in [0.1, 0.15) is 24.0 Å². The molecule has 0 saturated heterocycles. The van der Waals surface area contributed by atoms with Crippen LogP contribution in [0.2, 0.25) is 0 Å². The van der Waals surface area contributed by atoms with Crippen molar-refractivity contribution in [1.29, 1.82) is 0 Å². The van der Waals surface area contributed by atoms with Gasteiger partial charge in [0.25, 0.3) is 0 Å². The molecule has 0 aliphatic heterocycles. The Kier molecular flexibility index (Phi) is 3.54. The molecule has 2 aromatic heterocycles. The molecule has 1 N–H and O–H groups in total. The highest BCUT2D eigenvalue weighted by atomic mass is 15.1. The summed E-state index contributed by atoms with van der Waals surface area (Å²) in [6.45, 7) is 7.90. The molecule has 0 atom stereocenters. The summed E-state index contributed by atoms with van der Waals surface area (Å²) in [7, 11) is 0. The van der Waals surface area contributed by atoms with Gasteiger partial charge in [-0.2, -0.15) is 0 Å². The van der Waals surface area contributed by atoms with E-state index in [4.69, 9.17) is 0 Å². The number of hydrogen-bond donors (Lipinski definition) is 1. The molecule has 0 fully saturated rings. The first kappa shape index (κ1) is 11.8. The Labute approximate surface area is 102 Å². The van der Waals surface area contributed by atoms with Gasteiger partial charge in [-0.25, -0.2) is 4.98 Å². The Balaban J connectivity index is 2.43. The second-order valence-electron chi connectivity index (χ2n) is 4.08. The molecule has 4 nitrogen and oxygen atoms in total. The van der Waals surface area contributed by atoms with Gasteiger partial charge in [0.2, 0.25) is 0 Å². The highest BCUT2D eigenvalue weighted by Crippen LogP contribution is 2.16. The summed E-state index contributed by atoms with van der Waals surface area (Å²) in [6.07, 6.45) is 5.74. The van der Waals surface area contributed by atoms with Crippen LogP contribution in [0, 0.1) is 13.8 Å². The number of hydrogen-bond acceptors (Lipinski definition) is 3. The minimum atomic E-state index is 0.830. The normalized spacial score (nSPS) is 10.8. The molecule has 0 bridgehead atoms. The van der Waals surface area contributed by atoms with Crippen LogP contribution < -0.4 is 5.32 Å². The maximum atomic E-state index is 4.36. The summed E-state index contributed by atoms with van der Waals surface area (Å²) in [5.74, 6) is 0.994. The van der Waals surface area contributed by atoms with Gasteiger partial charge < -0.3 is 9.88 Å². The average molecular weight is 230 g/mol. The zero-order valence-corrected chi connectivity index (χ0v) is 10.6. The van der Waals surface area contributed by atoms with Crippen LogP contribution in [0.3, 0.4) is 0 Å². The lowest BCUT2D eigenvalue weighted by atomic mass is 10.2. The van der Waals surface area contributed by atoms with Gasteiger partial charge in [-0.15, -0.1) is 0 Å². The van der Waals surface area contributed by atoms with Crippen molar-refractivity contribution in [2.45, 2.75) is 27.3 Å². The Hall–Kier alpha value is -1.68. The molecule has 0 spiro atoms. The van der Waals surface area contributed by atoms with Crippen LogP contribution in [-0.2, 0) is 6.54 Å². The van der Waals surface area contributed by atoms with Crippen molar-refractivity contribution in [3.05, 3.63) is 41.7 Å². The molecule has 0 aromatic carbocycles. The minimum Gasteiger partial charge on any atom is -0.313 e. The van der Waals surface area contributed by atoms with Gasteiger partial charge in [0, 0.05) is 36.4 Å². The quantitative estimate of drug-likeness (QED) is 0.873. The lowest BCUT2D eigenvalue weighted by Crippen LogP contribution is -2.14. The van der Waals surface area contributed by atoms with Crippen LogP contribution in [0.25, 0.3) is 5.69 Å². The standard InChI is InChI=1S/C13H18N4/c1-4-14-8-12-9-16-10(2)7-13(12)17-6-5-15-11(17)3/h5-7,9,14H,4,8H2,1-3H3. The molecule has 2 rings (SSSR count). The van der Waals surface area contributed by atoms with Gasteiger partial charge in [-0.3, -0.25) is 4.98 Å². The fraction of sp³-hybridized carbons (Fsp3) is 0.385. The van der Waals surface area contributed by atoms with Gasteiger partial charge in [0.15, 0.2) is 0 Å². The number of nitrogens with one attached hydrogen (secondary N) is 1. The maximum absolute atomic E-state index is 4.36. The third kappa shape index (κ3) is 2.53. The molecule has 4 heteroatoms. The van der Waals surface area contributed by atoms with Gasteiger partial charge in [-0.1, -0.05) is 6.92 Å². The Morgan fingerprint density at radius 3 is 2.76 bits per heavy atom. The summed E-state index contributed by atoms with van der Waals surface area (Å²) in [5.41, 5.74) is 3.38. The third-order valence-corrected chi connectivity index (χ3v) is 2.75. The third-order valence-electron chi connectivity index (χ3n) is 2.75. The van der Waals surface area contributed by atoms with Gasteiger partial charge >= 0.3 is 0 Å². The van der Waals surface area contributed by atoms with Crippen LogP contribution in [0.5, 0.6) is 0 Å². The molecular weight excluding hydrogens is 212 g/mol. The molecule has 0 radical (unpaired) electrons. The van der Waals surface area contributed by atoms with Crippen molar-refractivity contribution in [2.24, 2.45) is 0 Å². The first-order valence-corrected chi connectivity index (χ1v) is 5.89. The van der Waals surface area contributed by atoms with Gasteiger partial charge in [0.1, 0.15) is 5.82 Å². The zero-order chi connectivity index (χ0) is 12.3. The Bertz CT molecular complexity index is 502. The monoisotopic (exact) mass is 230 g/mol. The molecule has 0 aliphatic rings. The first-order valence-electron chi connectivity index (χ1n) is 5.89. The maximum Gasteiger partial charge on any atom is 0.110 e. The second-order valence-corrected chi connectivity index (χ2v) is 4.08. The summed E-state index contributed by atoms with van der Waals surface area (Å²) in [5, 5.41) is 3.33. The predicted molar refractivity (Wildman–Crippen MR) is 68.2 cm³/mol.